The SMILES string of the molecule is Cc1ccc2nc(CN3CCCC(N)C3)cn2c1. The van der Waals surface area contributed by atoms with Crippen LogP contribution in [0.2, 0.25) is 0 Å². The van der Waals surface area contributed by atoms with Gasteiger partial charge in [0.1, 0.15) is 5.65 Å². The third-order valence-electron chi connectivity index (χ3n) is 3.58. The Morgan fingerprint density at radius 1 is 1.39 bits per heavy atom. The van der Waals surface area contributed by atoms with Crippen molar-refractivity contribution in [2.24, 2.45) is 5.73 Å². The summed E-state index contributed by atoms with van der Waals surface area (Å²) in [5.74, 6) is 0. The van der Waals surface area contributed by atoms with E-state index >= 15 is 0 Å². The van der Waals surface area contributed by atoms with Crippen molar-refractivity contribution in [1.29, 1.82) is 0 Å². The molecule has 2 aromatic heterocycles. The van der Waals surface area contributed by atoms with Crippen molar-refractivity contribution < 1.29 is 0 Å². The molecule has 4 heteroatoms. The number of pyridine rings is 1. The summed E-state index contributed by atoms with van der Waals surface area (Å²) in [7, 11) is 0. The topological polar surface area (TPSA) is 46.6 Å². The van der Waals surface area contributed by atoms with Crippen molar-refractivity contribution in [2.75, 3.05) is 13.1 Å². The monoisotopic (exact) mass is 244 g/mol. The predicted molar refractivity (Wildman–Crippen MR) is 72.4 cm³/mol. The van der Waals surface area contributed by atoms with Crippen LogP contribution in [-0.2, 0) is 6.54 Å². The number of imidazole rings is 1. The highest BCUT2D eigenvalue weighted by Crippen LogP contribution is 2.13. The quantitative estimate of drug-likeness (QED) is 0.872. The van der Waals surface area contributed by atoms with Gasteiger partial charge in [-0.15, -0.1) is 0 Å². The first-order chi connectivity index (χ1) is 8.70. The van der Waals surface area contributed by atoms with E-state index in [1.165, 1.54) is 12.0 Å². The van der Waals surface area contributed by atoms with Gasteiger partial charge in [0.25, 0.3) is 0 Å². The zero-order chi connectivity index (χ0) is 12.5. The van der Waals surface area contributed by atoms with Crippen LogP contribution in [0.4, 0.5) is 0 Å². The van der Waals surface area contributed by atoms with E-state index in [0.29, 0.717) is 6.04 Å². The van der Waals surface area contributed by atoms with Gasteiger partial charge in [-0.3, -0.25) is 4.90 Å². The van der Waals surface area contributed by atoms with E-state index in [0.717, 1.165) is 37.4 Å². The molecule has 96 valence electrons. The van der Waals surface area contributed by atoms with Crippen molar-refractivity contribution in [1.82, 2.24) is 14.3 Å². The maximum Gasteiger partial charge on any atom is 0.137 e. The molecule has 4 nitrogen and oxygen atoms in total. The van der Waals surface area contributed by atoms with Crippen molar-refractivity contribution in [3.05, 3.63) is 35.8 Å². The van der Waals surface area contributed by atoms with Crippen LogP contribution in [0, 0.1) is 6.92 Å². The van der Waals surface area contributed by atoms with Crippen LogP contribution in [0.15, 0.2) is 24.5 Å². The molecule has 1 fully saturated rings. The number of fused-ring (bicyclic) bond motifs is 1. The standard InChI is InChI=1S/C14H20N4/c1-11-4-5-14-16-13(10-18(14)7-11)9-17-6-2-3-12(15)8-17/h4-5,7,10,12H,2-3,6,8-9,15H2,1H3. The number of aryl methyl sites for hydroxylation is 1. The first-order valence-electron chi connectivity index (χ1n) is 6.63. The molecular formula is C14H20N4. The van der Waals surface area contributed by atoms with Gasteiger partial charge in [-0.1, -0.05) is 6.07 Å². The van der Waals surface area contributed by atoms with Gasteiger partial charge in [0.15, 0.2) is 0 Å². The van der Waals surface area contributed by atoms with E-state index in [-0.39, 0.29) is 0 Å². The van der Waals surface area contributed by atoms with Gasteiger partial charge in [0.05, 0.1) is 5.69 Å². The Morgan fingerprint density at radius 3 is 3.11 bits per heavy atom. The maximum atomic E-state index is 6.01. The number of piperidine rings is 1. The van der Waals surface area contributed by atoms with E-state index in [9.17, 15) is 0 Å². The van der Waals surface area contributed by atoms with E-state index in [4.69, 9.17) is 5.73 Å². The van der Waals surface area contributed by atoms with Gasteiger partial charge in [0.2, 0.25) is 0 Å². The van der Waals surface area contributed by atoms with Crippen molar-refractivity contribution >= 4 is 5.65 Å². The second-order valence-corrected chi connectivity index (χ2v) is 5.34. The van der Waals surface area contributed by atoms with Crippen LogP contribution in [0.1, 0.15) is 24.1 Å². The molecule has 1 aliphatic heterocycles. The summed E-state index contributed by atoms with van der Waals surface area (Å²) in [5.41, 5.74) is 9.42. The smallest absolute Gasteiger partial charge is 0.137 e. The number of rotatable bonds is 2. The van der Waals surface area contributed by atoms with Crippen LogP contribution in [0.25, 0.3) is 5.65 Å². The average molecular weight is 244 g/mol. The molecule has 0 radical (unpaired) electrons. The Kier molecular flexibility index (Phi) is 3.06. The molecule has 1 atom stereocenters. The zero-order valence-electron chi connectivity index (χ0n) is 10.8. The summed E-state index contributed by atoms with van der Waals surface area (Å²) in [5, 5.41) is 0. The third kappa shape index (κ3) is 2.40. The minimum Gasteiger partial charge on any atom is -0.327 e. The normalized spacial score (nSPS) is 21.6. The number of hydrogen-bond donors (Lipinski definition) is 1. The molecule has 1 saturated heterocycles. The minimum absolute atomic E-state index is 0.332. The lowest BCUT2D eigenvalue weighted by Gasteiger charge is -2.29. The Hall–Kier alpha value is -1.39. The zero-order valence-corrected chi connectivity index (χ0v) is 10.8. The number of likely N-dealkylation sites (tertiary alicyclic amines) is 1. The van der Waals surface area contributed by atoms with Gasteiger partial charge in [-0.25, -0.2) is 4.98 Å². The molecular weight excluding hydrogens is 224 g/mol. The molecule has 2 N–H and O–H groups in total. The summed E-state index contributed by atoms with van der Waals surface area (Å²) >= 11 is 0. The Bertz CT molecular complexity index is 546. The molecule has 1 aliphatic rings. The van der Waals surface area contributed by atoms with Crippen LogP contribution in [-0.4, -0.2) is 33.4 Å². The highest BCUT2D eigenvalue weighted by atomic mass is 15.2. The van der Waals surface area contributed by atoms with Gasteiger partial charge in [-0.05, 0) is 37.9 Å². The molecule has 1 unspecified atom stereocenters. The second-order valence-electron chi connectivity index (χ2n) is 5.34. The lowest BCUT2D eigenvalue weighted by molar-refractivity contribution is 0.200. The fourth-order valence-corrected chi connectivity index (χ4v) is 2.70. The summed E-state index contributed by atoms with van der Waals surface area (Å²) < 4.78 is 2.11. The van der Waals surface area contributed by atoms with Crippen LogP contribution >= 0.6 is 0 Å². The van der Waals surface area contributed by atoms with Gasteiger partial charge >= 0.3 is 0 Å². The molecule has 0 aromatic carbocycles. The van der Waals surface area contributed by atoms with Crippen LogP contribution < -0.4 is 5.73 Å². The molecule has 3 rings (SSSR count). The number of nitrogens with two attached hydrogens (primary N) is 1. The minimum atomic E-state index is 0.332. The molecule has 0 bridgehead atoms. The van der Waals surface area contributed by atoms with Crippen molar-refractivity contribution in [2.45, 2.75) is 32.4 Å². The average Bonchev–Trinajstić information content (AvgIpc) is 2.70. The van der Waals surface area contributed by atoms with Crippen molar-refractivity contribution in [3.8, 4) is 0 Å². The molecule has 3 heterocycles. The summed E-state index contributed by atoms with van der Waals surface area (Å²) in [6.45, 7) is 5.14. The van der Waals surface area contributed by atoms with E-state index < -0.39 is 0 Å². The van der Waals surface area contributed by atoms with Crippen LogP contribution in [0.5, 0.6) is 0 Å². The van der Waals surface area contributed by atoms with E-state index in [2.05, 4.69) is 45.7 Å². The Morgan fingerprint density at radius 2 is 2.28 bits per heavy atom. The largest absolute Gasteiger partial charge is 0.327 e. The first-order valence-corrected chi connectivity index (χ1v) is 6.63. The predicted octanol–water partition coefficient (Wildman–Crippen LogP) is 1.57. The lowest BCUT2D eigenvalue weighted by Crippen LogP contribution is -2.42. The van der Waals surface area contributed by atoms with Gasteiger partial charge in [-0.2, -0.15) is 0 Å². The van der Waals surface area contributed by atoms with Crippen molar-refractivity contribution in [3.63, 3.8) is 0 Å². The van der Waals surface area contributed by atoms with Gasteiger partial charge in [0, 0.05) is 31.5 Å². The summed E-state index contributed by atoms with van der Waals surface area (Å²) in [6.07, 6.45) is 6.60. The molecule has 0 aliphatic carbocycles. The van der Waals surface area contributed by atoms with Gasteiger partial charge < -0.3 is 10.1 Å². The van der Waals surface area contributed by atoms with Crippen LogP contribution in [0.3, 0.4) is 0 Å². The molecule has 0 saturated carbocycles. The highest BCUT2D eigenvalue weighted by Gasteiger charge is 2.17. The third-order valence-corrected chi connectivity index (χ3v) is 3.58. The van der Waals surface area contributed by atoms with E-state index in [1.54, 1.807) is 0 Å². The summed E-state index contributed by atoms with van der Waals surface area (Å²) in [6, 6.07) is 4.50. The highest BCUT2D eigenvalue weighted by molar-refractivity contribution is 5.41. The fourth-order valence-electron chi connectivity index (χ4n) is 2.70. The first kappa shape index (κ1) is 11.7. The summed E-state index contributed by atoms with van der Waals surface area (Å²) in [4.78, 5) is 7.06. The molecule has 0 amide bonds. The second kappa shape index (κ2) is 4.71. The number of aromatic nitrogens is 2. The molecule has 18 heavy (non-hydrogen) atoms. The number of nitrogens with zero attached hydrogens (tertiary/aromatic N) is 3. The number of hydrogen-bond acceptors (Lipinski definition) is 3. The fraction of sp³-hybridized carbons (Fsp3) is 0.500. The Balaban J connectivity index is 1.78. The van der Waals surface area contributed by atoms with E-state index in [1.807, 2.05) is 0 Å². The maximum absolute atomic E-state index is 6.01. The lowest BCUT2D eigenvalue weighted by atomic mass is 10.1. The molecule has 0 spiro atoms. The Labute approximate surface area is 107 Å². The molecule has 2 aromatic rings.